The summed E-state index contributed by atoms with van der Waals surface area (Å²) in [5.41, 5.74) is 6.23. The summed E-state index contributed by atoms with van der Waals surface area (Å²) in [5, 5.41) is 0. The van der Waals surface area contributed by atoms with Crippen LogP contribution in [0.25, 0.3) is 0 Å². The summed E-state index contributed by atoms with van der Waals surface area (Å²) in [6.45, 7) is 1.43. The van der Waals surface area contributed by atoms with Gasteiger partial charge >= 0.3 is 0 Å². The third kappa shape index (κ3) is 3.73. The van der Waals surface area contributed by atoms with Crippen molar-refractivity contribution in [2.24, 2.45) is 0 Å². The highest BCUT2D eigenvalue weighted by Gasteiger charge is 2.06. The highest BCUT2D eigenvalue weighted by molar-refractivity contribution is 5.43. The van der Waals surface area contributed by atoms with E-state index in [4.69, 9.17) is 9.47 Å². The largest absolute Gasteiger partial charge is 0.493 e. The molecule has 3 N–H and O–H groups in total. The average Bonchev–Trinajstić information content (AvgIpc) is 2.47. The Balaban J connectivity index is 2.07. The summed E-state index contributed by atoms with van der Waals surface area (Å²) in [5.74, 6) is 1.56. The molecule has 0 heterocycles. The molecule has 19 heavy (non-hydrogen) atoms. The molecule has 2 aromatic rings. The van der Waals surface area contributed by atoms with Gasteiger partial charge in [0.25, 0.3) is 0 Å². The topological polar surface area (TPSA) is 46.1 Å². The molecule has 0 fully saturated rings. The van der Waals surface area contributed by atoms with Crippen LogP contribution in [0.4, 0.5) is 0 Å². The van der Waals surface area contributed by atoms with Crippen molar-refractivity contribution in [3.63, 3.8) is 0 Å². The van der Waals surface area contributed by atoms with Crippen molar-refractivity contribution in [1.82, 2.24) is 0 Å². The number of methoxy groups -OCH3 is 1. The average molecular weight is 258 g/mol. The van der Waals surface area contributed by atoms with E-state index in [0.717, 1.165) is 30.0 Å². The summed E-state index contributed by atoms with van der Waals surface area (Å²) in [4.78, 5) is 0. The van der Waals surface area contributed by atoms with Crippen molar-refractivity contribution in [3.8, 4) is 11.5 Å². The molecule has 0 amide bonds. The Labute approximate surface area is 114 Å². The van der Waals surface area contributed by atoms with E-state index in [9.17, 15) is 0 Å². The van der Waals surface area contributed by atoms with E-state index < -0.39 is 0 Å². The number of hydrogen-bond donors (Lipinski definition) is 1. The molecule has 0 saturated carbocycles. The summed E-state index contributed by atoms with van der Waals surface area (Å²) in [6, 6.07) is 16.2. The first kappa shape index (κ1) is 13.4. The van der Waals surface area contributed by atoms with Gasteiger partial charge in [0, 0.05) is 6.42 Å². The second-order valence-electron chi connectivity index (χ2n) is 4.36. The molecule has 0 aromatic heterocycles. The van der Waals surface area contributed by atoms with Gasteiger partial charge in [-0.25, -0.2) is 0 Å². The molecule has 0 aliphatic heterocycles. The minimum atomic E-state index is 0.547. The zero-order chi connectivity index (χ0) is 13.5. The highest BCUT2D eigenvalue weighted by atomic mass is 16.5. The molecule has 0 atom stereocenters. The molecule has 0 spiro atoms. The smallest absolute Gasteiger partial charge is 0.161 e. The van der Waals surface area contributed by atoms with Crippen molar-refractivity contribution in [3.05, 3.63) is 59.7 Å². The second-order valence-corrected chi connectivity index (χ2v) is 4.36. The Morgan fingerprint density at radius 1 is 0.947 bits per heavy atom. The van der Waals surface area contributed by atoms with E-state index in [1.807, 2.05) is 42.5 Å². The standard InChI is InChI=1S/C16H19NO2/c1-18-16-11-13(9-10-17)7-8-15(16)19-12-14-5-3-2-4-6-14/h2-8,11H,9-10,12,17H2,1H3/p+1. The maximum Gasteiger partial charge on any atom is 0.161 e. The summed E-state index contributed by atoms with van der Waals surface area (Å²) in [6.07, 6.45) is 0.954. The summed E-state index contributed by atoms with van der Waals surface area (Å²) < 4.78 is 11.2. The summed E-state index contributed by atoms with van der Waals surface area (Å²) >= 11 is 0. The zero-order valence-electron chi connectivity index (χ0n) is 11.3. The Morgan fingerprint density at radius 2 is 1.74 bits per heavy atom. The van der Waals surface area contributed by atoms with Crippen LogP contribution in [0.1, 0.15) is 11.1 Å². The number of quaternary nitrogens is 1. The minimum Gasteiger partial charge on any atom is -0.493 e. The molecule has 0 aliphatic rings. The number of ether oxygens (including phenoxy) is 2. The molecular weight excluding hydrogens is 238 g/mol. The van der Waals surface area contributed by atoms with Gasteiger partial charge in [0.05, 0.1) is 13.7 Å². The van der Waals surface area contributed by atoms with Gasteiger partial charge in [0.1, 0.15) is 6.61 Å². The molecule has 3 heteroatoms. The Kier molecular flexibility index (Phi) is 4.81. The van der Waals surface area contributed by atoms with Crippen molar-refractivity contribution >= 4 is 0 Å². The lowest BCUT2D eigenvalue weighted by Crippen LogP contribution is -2.51. The molecular formula is C16H20NO2+. The first-order valence-electron chi connectivity index (χ1n) is 6.46. The van der Waals surface area contributed by atoms with Crippen LogP contribution in [-0.4, -0.2) is 13.7 Å². The van der Waals surface area contributed by atoms with Gasteiger partial charge in [-0.2, -0.15) is 0 Å². The Morgan fingerprint density at radius 3 is 2.42 bits per heavy atom. The fraction of sp³-hybridized carbons (Fsp3) is 0.250. The first-order chi connectivity index (χ1) is 9.33. The number of rotatable bonds is 6. The molecule has 2 aromatic carbocycles. The molecule has 100 valence electrons. The molecule has 0 radical (unpaired) electrons. The van der Waals surface area contributed by atoms with E-state index in [1.54, 1.807) is 7.11 Å². The van der Waals surface area contributed by atoms with E-state index in [2.05, 4.69) is 11.8 Å². The summed E-state index contributed by atoms with van der Waals surface area (Å²) in [7, 11) is 1.67. The lowest BCUT2D eigenvalue weighted by atomic mass is 10.1. The van der Waals surface area contributed by atoms with Gasteiger partial charge in [-0.05, 0) is 23.3 Å². The van der Waals surface area contributed by atoms with Crippen LogP contribution >= 0.6 is 0 Å². The van der Waals surface area contributed by atoms with Crippen molar-refractivity contribution in [1.29, 1.82) is 0 Å². The van der Waals surface area contributed by atoms with E-state index in [0.29, 0.717) is 6.61 Å². The van der Waals surface area contributed by atoms with E-state index in [1.165, 1.54) is 5.56 Å². The number of benzene rings is 2. The third-order valence-corrected chi connectivity index (χ3v) is 2.93. The molecule has 0 bridgehead atoms. The minimum absolute atomic E-state index is 0.547. The van der Waals surface area contributed by atoms with Gasteiger partial charge in [0.15, 0.2) is 11.5 Å². The molecule has 0 aliphatic carbocycles. The van der Waals surface area contributed by atoms with Crippen LogP contribution in [0, 0.1) is 0 Å². The predicted octanol–water partition coefficient (Wildman–Crippen LogP) is 2.06. The van der Waals surface area contributed by atoms with Crippen LogP contribution in [-0.2, 0) is 13.0 Å². The maximum absolute atomic E-state index is 5.81. The Hall–Kier alpha value is -2.00. The van der Waals surface area contributed by atoms with Crippen LogP contribution in [0.5, 0.6) is 11.5 Å². The zero-order valence-corrected chi connectivity index (χ0v) is 11.3. The number of hydrogen-bond acceptors (Lipinski definition) is 2. The fourth-order valence-electron chi connectivity index (χ4n) is 1.93. The molecule has 0 saturated heterocycles. The van der Waals surface area contributed by atoms with Crippen molar-refractivity contribution in [2.75, 3.05) is 13.7 Å². The molecule has 2 rings (SSSR count). The first-order valence-corrected chi connectivity index (χ1v) is 6.46. The second kappa shape index (κ2) is 6.81. The van der Waals surface area contributed by atoms with Crippen molar-refractivity contribution in [2.45, 2.75) is 13.0 Å². The lowest BCUT2D eigenvalue weighted by Gasteiger charge is -2.12. The van der Waals surface area contributed by atoms with Crippen LogP contribution in [0.15, 0.2) is 48.5 Å². The fourth-order valence-corrected chi connectivity index (χ4v) is 1.93. The quantitative estimate of drug-likeness (QED) is 0.862. The third-order valence-electron chi connectivity index (χ3n) is 2.93. The monoisotopic (exact) mass is 258 g/mol. The predicted molar refractivity (Wildman–Crippen MR) is 75.2 cm³/mol. The lowest BCUT2D eigenvalue weighted by molar-refractivity contribution is -0.366. The van der Waals surface area contributed by atoms with Crippen molar-refractivity contribution < 1.29 is 15.2 Å². The van der Waals surface area contributed by atoms with Gasteiger partial charge in [0.2, 0.25) is 0 Å². The van der Waals surface area contributed by atoms with Crippen LogP contribution in [0.2, 0.25) is 0 Å². The van der Waals surface area contributed by atoms with Gasteiger partial charge in [-0.15, -0.1) is 0 Å². The van der Waals surface area contributed by atoms with E-state index in [-0.39, 0.29) is 0 Å². The molecule has 0 unspecified atom stereocenters. The maximum atomic E-state index is 5.81. The normalized spacial score (nSPS) is 10.2. The van der Waals surface area contributed by atoms with Crippen LogP contribution in [0.3, 0.4) is 0 Å². The highest BCUT2D eigenvalue weighted by Crippen LogP contribution is 2.28. The Bertz CT molecular complexity index is 511. The van der Waals surface area contributed by atoms with Gasteiger partial charge in [-0.1, -0.05) is 36.4 Å². The van der Waals surface area contributed by atoms with Gasteiger partial charge in [-0.3, -0.25) is 0 Å². The van der Waals surface area contributed by atoms with E-state index >= 15 is 0 Å². The SMILES string of the molecule is COc1cc(CC[NH3+])ccc1OCc1ccccc1. The van der Waals surface area contributed by atoms with Crippen LogP contribution < -0.4 is 15.2 Å². The van der Waals surface area contributed by atoms with Gasteiger partial charge < -0.3 is 15.2 Å². The molecule has 3 nitrogen and oxygen atoms in total.